The molecule has 4 amide bonds. The van der Waals surface area contributed by atoms with Crippen LogP contribution in [0.15, 0.2) is 73.1 Å². The standard InChI is InChI=1S/C51H56F2N8O7/c1-28(2)42(58-48(64)66-3)46(62)61-27-50(17-18-50)24-41(61)45-55-26-39(57-45)33-12-14-35-34-13-11-32(22-36(34)51(52,53)37(35)23-33)29-7-9-30(10-8-29)38-25-54-44(56-38)40-6-5-19-60(40)47(63)43(59-49(65)67-4)31-15-20-68-21-16-31/h7-14,22-23,25-26,28,31,40-43H,5-6,15-21,24,27H2,1-4H3,(H,54,56)(H,55,57)(H,58,64)(H,59,65)/t40-,41-,42?,43-/m0/s1. The first-order valence-corrected chi connectivity index (χ1v) is 23.5. The van der Waals surface area contributed by atoms with Crippen LogP contribution in [0.1, 0.15) is 93.7 Å². The zero-order valence-corrected chi connectivity index (χ0v) is 38.6. The first kappa shape index (κ1) is 45.2. The molecule has 1 spiro atoms. The number of carbonyl (C=O) groups excluding carboxylic acids is 4. The zero-order valence-electron chi connectivity index (χ0n) is 38.6. The van der Waals surface area contributed by atoms with Crippen LogP contribution in [-0.4, -0.2) is 106 Å². The lowest BCUT2D eigenvalue weighted by molar-refractivity contribution is -0.137. The molecule has 4 N–H and O–H groups in total. The number of carbonyl (C=O) groups is 4. The van der Waals surface area contributed by atoms with Crippen LogP contribution >= 0.6 is 0 Å². The van der Waals surface area contributed by atoms with Gasteiger partial charge in [-0.3, -0.25) is 9.59 Å². The van der Waals surface area contributed by atoms with Crippen molar-refractivity contribution in [1.82, 2.24) is 40.4 Å². The summed E-state index contributed by atoms with van der Waals surface area (Å²) >= 11 is 0. The second kappa shape index (κ2) is 17.8. The maximum Gasteiger partial charge on any atom is 0.407 e. The van der Waals surface area contributed by atoms with E-state index >= 15 is 8.78 Å². The smallest absolute Gasteiger partial charge is 0.407 e. The number of hydrogen-bond acceptors (Lipinski definition) is 9. The number of halogens is 2. The van der Waals surface area contributed by atoms with Crippen LogP contribution in [0.25, 0.3) is 44.8 Å². The van der Waals surface area contributed by atoms with Crippen LogP contribution in [0.5, 0.6) is 0 Å². The monoisotopic (exact) mass is 930 g/mol. The molecule has 10 rings (SSSR count). The lowest BCUT2D eigenvalue weighted by Gasteiger charge is -2.34. The molecular formula is C51H56F2N8O7. The lowest BCUT2D eigenvalue weighted by Crippen LogP contribution is -2.53. The molecule has 1 saturated carbocycles. The van der Waals surface area contributed by atoms with Crippen molar-refractivity contribution in [2.45, 2.75) is 88.9 Å². The Labute approximate surface area is 392 Å². The highest BCUT2D eigenvalue weighted by Gasteiger charge is 2.55. The molecule has 2 aromatic heterocycles. The largest absolute Gasteiger partial charge is 0.453 e. The first-order chi connectivity index (χ1) is 32.8. The summed E-state index contributed by atoms with van der Waals surface area (Å²) in [6, 6.07) is 15.8. The van der Waals surface area contributed by atoms with Crippen molar-refractivity contribution in [2.24, 2.45) is 17.3 Å². The minimum Gasteiger partial charge on any atom is -0.453 e. The molecule has 15 nitrogen and oxygen atoms in total. The molecule has 5 aliphatic rings. The van der Waals surface area contributed by atoms with E-state index in [-0.39, 0.29) is 52.3 Å². The van der Waals surface area contributed by atoms with Gasteiger partial charge in [-0.25, -0.2) is 19.6 Å². The number of nitrogens with zero attached hydrogens (tertiary/aromatic N) is 4. The van der Waals surface area contributed by atoms with Crippen LogP contribution in [0, 0.1) is 17.3 Å². The lowest BCUT2D eigenvalue weighted by atomic mass is 9.90. The molecule has 5 aromatic rings. The van der Waals surface area contributed by atoms with Crippen LogP contribution in [0.4, 0.5) is 18.4 Å². The van der Waals surface area contributed by atoms with Gasteiger partial charge in [-0.05, 0) is 102 Å². The summed E-state index contributed by atoms with van der Waals surface area (Å²) < 4.78 is 48.4. The maximum absolute atomic E-state index is 16.6. The van der Waals surface area contributed by atoms with E-state index < -0.39 is 30.2 Å². The number of likely N-dealkylation sites (tertiary alicyclic amines) is 2. The third-order valence-electron chi connectivity index (χ3n) is 14.8. The number of hydrogen-bond donors (Lipinski definition) is 4. The number of H-pyrrole nitrogens is 2. The average molecular weight is 931 g/mol. The van der Waals surface area contributed by atoms with Gasteiger partial charge in [0.2, 0.25) is 11.8 Å². The molecule has 2 aliphatic carbocycles. The summed E-state index contributed by atoms with van der Waals surface area (Å²) in [5.41, 5.74) is 4.94. The number of aromatic nitrogens is 4. The molecule has 68 heavy (non-hydrogen) atoms. The van der Waals surface area contributed by atoms with Crippen LogP contribution in [0.3, 0.4) is 0 Å². The quantitative estimate of drug-likeness (QED) is 0.101. The number of alkyl halides is 2. The Morgan fingerprint density at radius 2 is 1.31 bits per heavy atom. The molecule has 3 aromatic carbocycles. The molecule has 4 atom stereocenters. The fourth-order valence-corrected chi connectivity index (χ4v) is 10.8. The van der Waals surface area contributed by atoms with E-state index in [2.05, 4.69) is 20.6 Å². The molecule has 0 radical (unpaired) electrons. The minimum atomic E-state index is -3.27. The maximum atomic E-state index is 16.6. The predicted octanol–water partition coefficient (Wildman–Crippen LogP) is 8.50. The van der Waals surface area contributed by atoms with Crippen molar-refractivity contribution in [3.8, 4) is 44.8 Å². The van der Waals surface area contributed by atoms with Crippen LogP contribution < -0.4 is 10.6 Å². The molecule has 4 fully saturated rings. The zero-order chi connectivity index (χ0) is 47.5. The summed E-state index contributed by atoms with van der Waals surface area (Å²) in [6.07, 6.45) is 7.61. The van der Waals surface area contributed by atoms with Gasteiger partial charge in [-0.1, -0.05) is 62.4 Å². The molecule has 17 heteroatoms. The summed E-state index contributed by atoms with van der Waals surface area (Å²) in [6.45, 7) is 5.90. The summed E-state index contributed by atoms with van der Waals surface area (Å²) in [4.78, 5) is 72.2. The molecule has 0 bridgehead atoms. The molecule has 3 aliphatic heterocycles. The number of rotatable bonds is 11. The Bertz CT molecular complexity index is 2740. The molecule has 3 saturated heterocycles. The molecule has 1 unspecified atom stereocenters. The third kappa shape index (κ3) is 8.28. The second-order valence-corrected chi connectivity index (χ2v) is 19.3. The van der Waals surface area contributed by atoms with Crippen molar-refractivity contribution >= 4 is 24.0 Å². The number of alkyl carbamates (subject to hydrolysis) is 2. The van der Waals surface area contributed by atoms with Gasteiger partial charge in [0.15, 0.2) is 0 Å². The van der Waals surface area contributed by atoms with Gasteiger partial charge in [-0.2, -0.15) is 8.78 Å². The summed E-state index contributed by atoms with van der Waals surface area (Å²) in [5, 5.41) is 5.49. The number of aromatic amines is 2. The number of methoxy groups -OCH3 is 2. The Morgan fingerprint density at radius 1 is 0.735 bits per heavy atom. The summed E-state index contributed by atoms with van der Waals surface area (Å²) in [5.74, 6) is -2.66. The van der Waals surface area contributed by atoms with Gasteiger partial charge in [0, 0.05) is 43.0 Å². The van der Waals surface area contributed by atoms with Crippen LogP contribution in [0.2, 0.25) is 0 Å². The Hall–Kier alpha value is -6.62. The van der Waals surface area contributed by atoms with Crippen molar-refractivity contribution in [2.75, 3.05) is 40.5 Å². The first-order valence-electron chi connectivity index (χ1n) is 23.5. The highest BCUT2D eigenvalue weighted by molar-refractivity contribution is 5.88. The number of amides is 4. The van der Waals surface area contributed by atoms with Gasteiger partial charge in [0.05, 0.1) is 50.1 Å². The minimum absolute atomic E-state index is 0.0115. The number of imidazole rings is 2. The van der Waals surface area contributed by atoms with Crippen molar-refractivity contribution < 1.29 is 42.2 Å². The van der Waals surface area contributed by atoms with E-state index in [1.54, 1.807) is 40.4 Å². The van der Waals surface area contributed by atoms with Gasteiger partial charge in [-0.15, -0.1) is 0 Å². The van der Waals surface area contributed by atoms with Crippen molar-refractivity contribution in [3.63, 3.8) is 0 Å². The van der Waals surface area contributed by atoms with Gasteiger partial charge < -0.3 is 44.6 Å². The highest BCUT2D eigenvalue weighted by Crippen LogP contribution is 2.59. The average Bonchev–Trinajstić information content (AvgIpc) is 3.96. The van der Waals surface area contributed by atoms with Crippen molar-refractivity contribution in [3.05, 3.63) is 95.8 Å². The van der Waals surface area contributed by atoms with E-state index in [4.69, 9.17) is 24.2 Å². The third-order valence-corrected chi connectivity index (χ3v) is 14.8. The number of ether oxygens (including phenoxy) is 3. The van der Waals surface area contributed by atoms with Crippen LogP contribution in [-0.2, 0) is 29.7 Å². The van der Waals surface area contributed by atoms with E-state index in [0.717, 1.165) is 48.9 Å². The Balaban J connectivity index is 0.839. The van der Waals surface area contributed by atoms with Crippen molar-refractivity contribution in [1.29, 1.82) is 0 Å². The second-order valence-electron chi connectivity index (χ2n) is 19.3. The highest BCUT2D eigenvalue weighted by atomic mass is 19.3. The SMILES string of the molecule is COC(=O)NC(C(=O)N1CC2(CC2)C[C@H]1c1ncc(-c2ccc3c(c2)C(F)(F)c2cc(-c4ccc(-c5cnc([C@@H]6CCCN6C(=O)[C@@H](NC(=O)OC)C6CCOCC6)[nH]5)cc4)ccc2-3)[nH]1)C(C)C. The van der Waals surface area contributed by atoms with E-state index in [9.17, 15) is 19.2 Å². The van der Waals surface area contributed by atoms with E-state index in [1.807, 2.05) is 50.2 Å². The number of benzene rings is 3. The van der Waals surface area contributed by atoms with Gasteiger partial charge in [0.25, 0.3) is 5.92 Å². The van der Waals surface area contributed by atoms with Gasteiger partial charge in [0.1, 0.15) is 23.7 Å². The normalized spacial score (nSPS) is 21.0. The number of fused-ring (bicyclic) bond motifs is 3. The fraction of sp³-hybridized carbons (Fsp3) is 0.451. The Kier molecular flexibility index (Phi) is 11.8. The van der Waals surface area contributed by atoms with Gasteiger partial charge >= 0.3 is 12.2 Å². The number of nitrogens with one attached hydrogen (secondary N) is 4. The van der Waals surface area contributed by atoms with E-state index in [1.165, 1.54) is 20.3 Å². The molecule has 356 valence electrons. The topological polar surface area (TPSA) is 184 Å². The Morgan fingerprint density at radius 3 is 1.94 bits per heavy atom. The summed E-state index contributed by atoms with van der Waals surface area (Å²) in [7, 11) is 2.55. The van der Waals surface area contributed by atoms with E-state index in [0.29, 0.717) is 78.7 Å². The molecule has 5 heterocycles. The molecular weight excluding hydrogens is 875 g/mol. The fourth-order valence-electron chi connectivity index (χ4n) is 10.8. The predicted molar refractivity (Wildman–Crippen MR) is 247 cm³/mol.